The van der Waals surface area contributed by atoms with Crippen molar-refractivity contribution < 1.29 is 22.3 Å². The quantitative estimate of drug-likeness (QED) is 0.502. The maximum atomic E-state index is 13.0. The minimum absolute atomic E-state index is 0.0176. The summed E-state index contributed by atoms with van der Waals surface area (Å²) in [5, 5.41) is 0.512. The van der Waals surface area contributed by atoms with Crippen LogP contribution < -0.4 is 5.56 Å². The molecule has 2 unspecified atom stereocenters. The van der Waals surface area contributed by atoms with Gasteiger partial charge in [-0.1, -0.05) is 6.08 Å². The molecule has 0 saturated carbocycles. The average molecular weight is 507 g/mol. The Bertz CT molecular complexity index is 1300. The molecule has 0 aromatic carbocycles. The van der Waals surface area contributed by atoms with Gasteiger partial charge in [0.1, 0.15) is 16.9 Å². The average Bonchev–Trinajstić information content (AvgIpc) is 3.22. The molecular weight excluding hydrogens is 472 g/mol. The summed E-state index contributed by atoms with van der Waals surface area (Å²) < 4.78 is 44.5. The van der Waals surface area contributed by atoms with Crippen molar-refractivity contribution in [3.05, 3.63) is 46.2 Å². The van der Waals surface area contributed by atoms with Crippen molar-refractivity contribution in [3.8, 4) is 0 Å². The first-order valence-electron chi connectivity index (χ1n) is 11.7. The van der Waals surface area contributed by atoms with Crippen LogP contribution in [0.2, 0.25) is 0 Å². The molecule has 2 aliphatic heterocycles. The first kappa shape index (κ1) is 25.8. The van der Waals surface area contributed by atoms with Crippen LogP contribution in [0.5, 0.6) is 0 Å². The van der Waals surface area contributed by atoms with E-state index >= 15 is 0 Å². The van der Waals surface area contributed by atoms with Gasteiger partial charge in [-0.15, -0.1) is 0 Å². The van der Waals surface area contributed by atoms with E-state index in [0.29, 0.717) is 56.1 Å². The number of aryl methyl sites for hydroxylation is 1. The zero-order valence-corrected chi connectivity index (χ0v) is 21.7. The Balaban J connectivity index is 1.66. The van der Waals surface area contributed by atoms with E-state index in [2.05, 4.69) is 9.89 Å². The first-order valence-corrected chi connectivity index (χ1v) is 13.5. The molecule has 4 rings (SSSR count). The summed E-state index contributed by atoms with van der Waals surface area (Å²) in [5.41, 5.74) is 0.507. The van der Waals surface area contributed by atoms with Gasteiger partial charge in [0.2, 0.25) is 10.0 Å². The number of rotatable bonds is 8. The van der Waals surface area contributed by atoms with Crippen molar-refractivity contribution >= 4 is 27.2 Å². The summed E-state index contributed by atoms with van der Waals surface area (Å²) in [7, 11) is 0.135. The molecule has 10 nitrogen and oxygen atoms in total. The molecule has 3 atom stereocenters. The van der Waals surface area contributed by atoms with Gasteiger partial charge in [0.25, 0.3) is 5.56 Å². The number of aliphatic imine (C=N–C) groups is 1. The molecule has 1 fully saturated rings. The van der Waals surface area contributed by atoms with E-state index in [-0.39, 0.29) is 17.5 Å². The largest absolute Gasteiger partial charge is 0.459 e. The molecule has 0 bridgehead atoms. The minimum Gasteiger partial charge on any atom is -0.459 e. The Hall–Kier alpha value is -2.31. The molecule has 0 spiro atoms. The van der Waals surface area contributed by atoms with Gasteiger partial charge in [0.15, 0.2) is 0 Å². The predicted molar refractivity (Wildman–Crippen MR) is 134 cm³/mol. The van der Waals surface area contributed by atoms with Crippen molar-refractivity contribution in [2.24, 2.45) is 12.0 Å². The molecule has 2 aromatic rings. The topological polar surface area (TPSA) is 107 Å². The number of fused-ring (bicyclic) bond motifs is 1. The number of sulfonamides is 1. The molecule has 11 heteroatoms. The number of nitrogens with zero attached hydrogens (tertiary/aromatic N) is 4. The van der Waals surface area contributed by atoms with Crippen LogP contribution in [-0.2, 0) is 33.1 Å². The Morgan fingerprint density at radius 2 is 2.06 bits per heavy atom. The molecule has 1 saturated heterocycles. The van der Waals surface area contributed by atoms with Gasteiger partial charge in [-0.3, -0.25) is 14.7 Å². The summed E-state index contributed by atoms with van der Waals surface area (Å²) in [6.07, 6.45) is 8.51. The lowest BCUT2D eigenvalue weighted by molar-refractivity contribution is -0.0134. The Morgan fingerprint density at radius 1 is 1.29 bits per heavy atom. The third kappa shape index (κ3) is 5.29. The number of aromatic nitrogens is 1. The molecule has 35 heavy (non-hydrogen) atoms. The Labute approximate surface area is 205 Å². The highest BCUT2D eigenvalue weighted by Gasteiger charge is 2.37. The van der Waals surface area contributed by atoms with Gasteiger partial charge in [-0.2, -0.15) is 4.31 Å². The molecule has 192 valence electrons. The number of hydrogen-bond donors (Lipinski definition) is 0. The van der Waals surface area contributed by atoms with E-state index in [0.717, 1.165) is 5.56 Å². The number of pyridine rings is 1. The Kier molecular flexibility index (Phi) is 7.35. The molecule has 0 N–H and O–H groups in total. The van der Waals surface area contributed by atoms with Gasteiger partial charge in [-0.05, 0) is 19.9 Å². The van der Waals surface area contributed by atoms with E-state index in [1.54, 1.807) is 43.4 Å². The van der Waals surface area contributed by atoms with Gasteiger partial charge >= 0.3 is 0 Å². The third-order valence-corrected chi connectivity index (χ3v) is 8.10. The second-order valence-corrected chi connectivity index (χ2v) is 11.5. The fraction of sp³-hybridized carbons (Fsp3) is 0.583. The summed E-state index contributed by atoms with van der Waals surface area (Å²) in [6, 6.07) is 1.82. The fourth-order valence-corrected chi connectivity index (χ4v) is 5.71. The van der Waals surface area contributed by atoms with Crippen molar-refractivity contribution in [1.82, 2.24) is 13.8 Å². The second kappa shape index (κ2) is 9.98. The summed E-state index contributed by atoms with van der Waals surface area (Å²) in [6.45, 7) is 6.75. The lowest BCUT2D eigenvalue weighted by atomic mass is 9.82. The minimum atomic E-state index is -3.22. The summed E-state index contributed by atoms with van der Waals surface area (Å²) in [5.74, 6) is 0.446. The zero-order valence-electron chi connectivity index (χ0n) is 20.9. The van der Waals surface area contributed by atoms with Crippen LogP contribution >= 0.6 is 0 Å². The van der Waals surface area contributed by atoms with Crippen LogP contribution in [0, 0.1) is 0 Å². The molecular formula is C24H34N4O6S. The van der Waals surface area contributed by atoms with Gasteiger partial charge in [0, 0.05) is 69.9 Å². The maximum Gasteiger partial charge on any atom is 0.261 e. The predicted octanol–water partition coefficient (Wildman–Crippen LogP) is 1.70. The fourth-order valence-electron chi connectivity index (χ4n) is 4.81. The van der Waals surface area contributed by atoms with E-state index in [1.165, 1.54) is 10.6 Å². The van der Waals surface area contributed by atoms with E-state index in [9.17, 15) is 13.2 Å². The molecule has 0 amide bonds. The van der Waals surface area contributed by atoms with Gasteiger partial charge in [-0.25, -0.2) is 8.42 Å². The molecule has 4 heterocycles. The zero-order chi connectivity index (χ0) is 25.4. The highest BCUT2D eigenvalue weighted by atomic mass is 32.2. The van der Waals surface area contributed by atoms with Crippen molar-refractivity contribution in [2.45, 2.75) is 38.0 Å². The van der Waals surface area contributed by atoms with Crippen LogP contribution in [0.4, 0.5) is 0 Å². The van der Waals surface area contributed by atoms with E-state index in [4.69, 9.17) is 13.9 Å². The molecule has 0 aliphatic carbocycles. The van der Waals surface area contributed by atoms with E-state index < -0.39 is 15.6 Å². The number of ether oxygens (including phenoxy) is 2. The third-order valence-electron chi connectivity index (χ3n) is 6.83. The van der Waals surface area contributed by atoms with Crippen LogP contribution in [0.3, 0.4) is 0 Å². The summed E-state index contributed by atoms with van der Waals surface area (Å²) in [4.78, 5) is 19.5. The molecule has 2 aromatic heterocycles. The van der Waals surface area contributed by atoms with Crippen molar-refractivity contribution in [2.75, 3.05) is 46.2 Å². The molecule has 2 aliphatic rings. The number of piperazine rings is 1. The van der Waals surface area contributed by atoms with Crippen LogP contribution in [-0.4, -0.2) is 86.3 Å². The lowest BCUT2D eigenvalue weighted by Gasteiger charge is -2.38. The number of hydrogen-bond acceptors (Lipinski definition) is 8. The number of methoxy groups -OCH3 is 1. The highest BCUT2D eigenvalue weighted by Crippen LogP contribution is 2.38. The van der Waals surface area contributed by atoms with E-state index in [1.807, 2.05) is 19.9 Å². The second-order valence-electron chi connectivity index (χ2n) is 9.52. The molecule has 0 radical (unpaired) electrons. The number of furan rings is 1. The van der Waals surface area contributed by atoms with Gasteiger partial charge < -0.3 is 18.5 Å². The maximum absolute atomic E-state index is 13.0. The van der Waals surface area contributed by atoms with Crippen LogP contribution in [0.25, 0.3) is 11.0 Å². The van der Waals surface area contributed by atoms with Crippen molar-refractivity contribution in [3.63, 3.8) is 0 Å². The van der Waals surface area contributed by atoms with Crippen LogP contribution in [0.15, 0.2) is 38.7 Å². The van der Waals surface area contributed by atoms with Crippen LogP contribution in [0.1, 0.15) is 31.1 Å². The summed E-state index contributed by atoms with van der Waals surface area (Å²) >= 11 is 0. The lowest BCUT2D eigenvalue weighted by Crippen LogP contribution is -2.52. The van der Waals surface area contributed by atoms with Crippen molar-refractivity contribution in [1.29, 1.82) is 0 Å². The normalized spacial score (nSPS) is 26.1. The standard InChI is InChI=1S/C24H34N4O6S/c1-17-13-28(35(5,30)31)9-8-27(17)14-18-12-19-22(34-18)20(15-26(3)23(19)29)21-6-7-25-16-24(21,2)33-11-10-32-4/h6-7,12,15-17,21H,8-11,13-14H2,1-5H3/t17-,21?,24?/m1/s1. The smallest absolute Gasteiger partial charge is 0.261 e. The Morgan fingerprint density at radius 3 is 2.74 bits per heavy atom. The SMILES string of the molecule is COCCOC1(C)C=NC=CC1c1cn(C)c(=O)c2cc(CN3CCN(S(C)(=O)=O)C[C@H]3C)oc12. The van der Waals surface area contributed by atoms with Gasteiger partial charge in [0.05, 0.1) is 31.4 Å². The first-order chi connectivity index (χ1) is 16.5. The monoisotopic (exact) mass is 506 g/mol. The highest BCUT2D eigenvalue weighted by molar-refractivity contribution is 7.88.